The zero-order valence-corrected chi connectivity index (χ0v) is 13.0. The van der Waals surface area contributed by atoms with Crippen LogP contribution in [-0.4, -0.2) is 0 Å². The van der Waals surface area contributed by atoms with Crippen LogP contribution in [0.5, 0.6) is 0 Å². The van der Waals surface area contributed by atoms with E-state index in [4.69, 9.17) is 0 Å². The van der Waals surface area contributed by atoms with Gasteiger partial charge in [0.05, 0.1) is 0 Å². The molecular weight excluding hydrogens is 276 g/mol. The van der Waals surface area contributed by atoms with Crippen molar-refractivity contribution >= 4 is 16.3 Å². The fraction of sp³-hybridized carbons (Fsp3) is 0.130. The van der Waals surface area contributed by atoms with Crippen molar-refractivity contribution in [2.45, 2.75) is 18.8 Å². The summed E-state index contributed by atoms with van der Waals surface area (Å²) in [6.07, 6.45) is 9.22. The number of rotatable bonds is 2. The second-order valence-electron chi connectivity index (χ2n) is 6.57. The van der Waals surface area contributed by atoms with Gasteiger partial charge in [-0.3, -0.25) is 0 Å². The van der Waals surface area contributed by atoms with Gasteiger partial charge < -0.3 is 0 Å². The molecule has 0 bridgehead atoms. The van der Waals surface area contributed by atoms with Gasteiger partial charge in [-0.15, -0.1) is 0 Å². The third kappa shape index (κ3) is 1.98. The molecule has 0 aliphatic heterocycles. The highest BCUT2D eigenvalue weighted by atomic mass is 14.3. The van der Waals surface area contributed by atoms with E-state index in [1.54, 1.807) is 0 Å². The standard InChI is InChI=1S/C23H18/c1-2-6-16(7-3-1)14-20-15-19-10-4-8-17-12-13-18-9-5-11-21(20)23(18)22(17)19/h1-7,9-13,15,20H,8,14H2. The monoisotopic (exact) mass is 294 g/mol. The summed E-state index contributed by atoms with van der Waals surface area (Å²) >= 11 is 0. The van der Waals surface area contributed by atoms with Crippen LogP contribution in [0.3, 0.4) is 0 Å². The van der Waals surface area contributed by atoms with Gasteiger partial charge >= 0.3 is 0 Å². The van der Waals surface area contributed by atoms with Crippen LogP contribution in [0.25, 0.3) is 16.3 Å². The lowest BCUT2D eigenvalue weighted by Crippen LogP contribution is -2.10. The molecule has 3 aromatic rings. The average Bonchev–Trinajstić information content (AvgIpc) is 2.61. The molecule has 0 aromatic heterocycles. The van der Waals surface area contributed by atoms with Crippen molar-refractivity contribution in [3.05, 3.63) is 101 Å². The van der Waals surface area contributed by atoms with E-state index in [9.17, 15) is 0 Å². The van der Waals surface area contributed by atoms with Gasteiger partial charge in [-0.2, -0.15) is 0 Å². The Balaban J connectivity index is 1.73. The Hall–Kier alpha value is -2.60. The zero-order chi connectivity index (χ0) is 15.2. The van der Waals surface area contributed by atoms with Crippen molar-refractivity contribution in [2.75, 3.05) is 0 Å². The lowest BCUT2D eigenvalue weighted by Gasteiger charge is -2.28. The van der Waals surface area contributed by atoms with Gasteiger partial charge in [-0.25, -0.2) is 0 Å². The minimum atomic E-state index is 0.460. The predicted molar refractivity (Wildman–Crippen MR) is 97.7 cm³/mol. The quantitative estimate of drug-likeness (QED) is 0.571. The molecule has 0 nitrogen and oxygen atoms in total. The molecule has 0 spiro atoms. The van der Waals surface area contributed by atoms with Crippen LogP contribution >= 0.6 is 0 Å². The smallest absolute Gasteiger partial charge is 0.00739 e. The van der Waals surface area contributed by atoms with Crippen molar-refractivity contribution < 1.29 is 0 Å². The van der Waals surface area contributed by atoms with Crippen molar-refractivity contribution in [1.82, 2.24) is 0 Å². The normalized spacial score (nSPS) is 18.1. The zero-order valence-electron chi connectivity index (χ0n) is 13.0. The molecule has 0 amide bonds. The summed E-state index contributed by atoms with van der Waals surface area (Å²) < 4.78 is 0. The van der Waals surface area contributed by atoms with Crippen molar-refractivity contribution in [1.29, 1.82) is 0 Å². The Bertz CT molecular complexity index is 958. The van der Waals surface area contributed by atoms with Gasteiger partial charge in [0.1, 0.15) is 0 Å². The maximum Gasteiger partial charge on any atom is 0.00739 e. The van der Waals surface area contributed by atoms with Crippen LogP contribution in [-0.2, 0) is 12.8 Å². The van der Waals surface area contributed by atoms with E-state index in [0.29, 0.717) is 5.92 Å². The minimum Gasteiger partial charge on any atom is -0.0795 e. The number of benzene rings is 3. The summed E-state index contributed by atoms with van der Waals surface area (Å²) in [6, 6.07) is 22.2. The van der Waals surface area contributed by atoms with Crippen molar-refractivity contribution in [3.8, 4) is 0 Å². The maximum absolute atomic E-state index is 2.48. The van der Waals surface area contributed by atoms with Crippen LogP contribution in [0.1, 0.15) is 28.2 Å². The Morgan fingerprint density at radius 2 is 1.78 bits per heavy atom. The molecule has 110 valence electrons. The van der Waals surface area contributed by atoms with E-state index < -0.39 is 0 Å². The molecule has 0 heteroatoms. The van der Waals surface area contributed by atoms with Crippen molar-refractivity contribution in [2.24, 2.45) is 0 Å². The number of hydrogen-bond donors (Lipinski definition) is 0. The summed E-state index contributed by atoms with van der Waals surface area (Å²) in [5.74, 6) is 0.460. The summed E-state index contributed by atoms with van der Waals surface area (Å²) in [5.41, 5.74) is 7.26. The number of hydrogen-bond acceptors (Lipinski definition) is 0. The molecule has 0 N–H and O–H groups in total. The van der Waals surface area contributed by atoms with Gasteiger partial charge in [0.25, 0.3) is 0 Å². The van der Waals surface area contributed by atoms with E-state index in [1.165, 1.54) is 38.6 Å². The van der Waals surface area contributed by atoms with Gasteiger partial charge in [0.15, 0.2) is 0 Å². The third-order valence-electron chi connectivity index (χ3n) is 5.17. The second kappa shape index (κ2) is 4.96. The van der Waals surface area contributed by atoms with Crippen LogP contribution in [0.15, 0.2) is 78.9 Å². The fourth-order valence-electron chi connectivity index (χ4n) is 4.14. The summed E-state index contributed by atoms with van der Waals surface area (Å²) in [6.45, 7) is 0. The highest BCUT2D eigenvalue weighted by molar-refractivity contribution is 6.02. The molecule has 3 aromatic carbocycles. The highest BCUT2D eigenvalue weighted by Gasteiger charge is 2.24. The first kappa shape index (κ1) is 12.9. The molecule has 0 radical (unpaired) electrons. The molecule has 1 atom stereocenters. The predicted octanol–water partition coefficient (Wildman–Crippen LogP) is 5.68. The van der Waals surface area contributed by atoms with Gasteiger partial charge in [0, 0.05) is 5.92 Å². The molecule has 0 saturated heterocycles. The first-order valence-corrected chi connectivity index (χ1v) is 8.37. The van der Waals surface area contributed by atoms with E-state index in [2.05, 4.69) is 78.9 Å². The summed E-state index contributed by atoms with van der Waals surface area (Å²) in [5, 5.41) is 2.85. The largest absolute Gasteiger partial charge is 0.0795 e. The molecule has 0 fully saturated rings. The molecule has 0 saturated carbocycles. The molecule has 5 rings (SSSR count). The average molecular weight is 294 g/mol. The Morgan fingerprint density at radius 3 is 2.70 bits per heavy atom. The Kier molecular flexibility index (Phi) is 2.78. The molecule has 2 aliphatic carbocycles. The van der Waals surface area contributed by atoms with E-state index >= 15 is 0 Å². The van der Waals surface area contributed by atoms with E-state index in [1.807, 2.05) is 0 Å². The van der Waals surface area contributed by atoms with Crippen molar-refractivity contribution in [3.63, 3.8) is 0 Å². The van der Waals surface area contributed by atoms with Gasteiger partial charge in [0.2, 0.25) is 0 Å². The van der Waals surface area contributed by atoms with E-state index in [0.717, 1.165) is 12.8 Å². The highest BCUT2D eigenvalue weighted by Crippen LogP contribution is 2.43. The number of allylic oxidation sites excluding steroid dienone is 4. The molecule has 1 unspecified atom stereocenters. The summed E-state index contributed by atoms with van der Waals surface area (Å²) in [7, 11) is 0. The maximum atomic E-state index is 2.48. The van der Waals surface area contributed by atoms with E-state index in [-0.39, 0.29) is 0 Å². The molecular formula is C23H18. The SMILES string of the molecule is C1=CC2=CC(Cc3ccccc3)c3cccc4ccc(c2c34)C1. The second-order valence-corrected chi connectivity index (χ2v) is 6.57. The van der Waals surface area contributed by atoms with Crippen LogP contribution < -0.4 is 0 Å². The molecule has 23 heavy (non-hydrogen) atoms. The van der Waals surface area contributed by atoms with Gasteiger partial charge in [-0.05, 0) is 51.4 Å². The fourth-order valence-corrected chi connectivity index (χ4v) is 4.14. The Morgan fingerprint density at radius 1 is 0.870 bits per heavy atom. The van der Waals surface area contributed by atoms with Crippen LogP contribution in [0.2, 0.25) is 0 Å². The van der Waals surface area contributed by atoms with Crippen LogP contribution in [0, 0.1) is 0 Å². The lowest BCUT2D eigenvalue weighted by molar-refractivity contribution is 0.840. The molecule has 2 aliphatic rings. The first-order valence-electron chi connectivity index (χ1n) is 8.37. The lowest BCUT2D eigenvalue weighted by atomic mass is 9.76. The first-order chi connectivity index (χ1) is 11.4. The molecule has 0 heterocycles. The minimum absolute atomic E-state index is 0.460. The van der Waals surface area contributed by atoms with Crippen LogP contribution in [0.4, 0.5) is 0 Å². The Labute approximate surface area is 136 Å². The topological polar surface area (TPSA) is 0 Å². The summed E-state index contributed by atoms with van der Waals surface area (Å²) in [4.78, 5) is 0. The third-order valence-corrected chi connectivity index (χ3v) is 5.17. The van der Waals surface area contributed by atoms with Gasteiger partial charge in [-0.1, -0.05) is 78.9 Å².